The predicted octanol–water partition coefficient (Wildman–Crippen LogP) is 3.77. The summed E-state index contributed by atoms with van der Waals surface area (Å²) in [5.41, 5.74) is 0.0462. The number of ether oxygens (including phenoxy) is 2. The molecular weight excluding hydrogens is 348 g/mol. The highest BCUT2D eigenvalue weighted by Gasteiger charge is 2.19. The monoisotopic (exact) mass is 356 g/mol. The highest BCUT2D eigenvalue weighted by molar-refractivity contribution is 6.32. The molecular formula is C17H9ClN2O5. The summed E-state index contributed by atoms with van der Waals surface area (Å²) < 4.78 is 10.4. The summed E-state index contributed by atoms with van der Waals surface area (Å²) in [6, 6.07) is 10.1. The van der Waals surface area contributed by atoms with Crippen molar-refractivity contribution in [3.8, 4) is 17.6 Å². The maximum absolute atomic E-state index is 12.5. The molecule has 2 aromatic rings. The van der Waals surface area contributed by atoms with Crippen LogP contribution in [0.15, 0.2) is 42.0 Å². The fraction of sp³-hybridized carbons (Fsp3) is 0.0588. The number of carbonyl (C=O) groups is 1. The van der Waals surface area contributed by atoms with Gasteiger partial charge in [-0.2, -0.15) is 5.26 Å². The lowest BCUT2D eigenvalue weighted by Gasteiger charge is -2.03. The third kappa shape index (κ3) is 3.29. The first-order valence-corrected chi connectivity index (χ1v) is 7.37. The number of nitro groups is 1. The SMILES string of the molecule is N#C/C(=C\c1cc([N+](=O)[O-])ccc1Cl)C(=O)c1ccc2c(c1)OCO2. The Balaban J connectivity index is 1.98. The van der Waals surface area contributed by atoms with Gasteiger partial charge >= 0.3 is 0 Å². The van der Waals surface area contributed by atoms with Crippen LogP contribution in [0.5, 0.6) is 11.5 Å². The average Bonchev–Trinajstić information content (AvgIpc) is 3.07. The lowest BCUT2D eigenvalue weighted by molar-refractivity contribution is -0.384. The molecule has 0 bridgehead atoms. The Morgan fingerprint density at radius 3 is 2.72 bits per heavy atom. The van der Waals surface area contributed by atoms with E-state index < -0.39 is 10.7 Å². The number of nitro benzene ring substituents is 1. The van der Waals surface area contributed by atoms with Gasteiger partial charge in [0.2, 0.25) is 12.6 Å². The maximum Gasteiger partial charge on any atom is 0.270 e. The molecule has 0 aliphatic carbocycles. The molecule has 0 atom stereocenters. The van der Waals surface area contributed by atoms with Gasteiger partial charge in [-0.3, -0.25) is 14.9 Å². The minimum absolute atomic E-state index is 0.0667. The zero-order valence-corrected chi connectivity index (χ0v) is 13.3. The smallest absolute Gasteiger partial charge is 0.270 e. The van der Waals surface area contributed by atoms with Gasteiger partial charge < -0.3 is 9.47 Å². The molecule has 0 unspecified atom stereocenters. The molecule has 1 heterocycles. The van der Waals surface area contributed by atoms with Crippen LogP contribution in [0, 0.1) is 21.4 Å². The molecule has 8 heteroatoms. The number of benzene rings is 2. The minimum Gasteiger partial charge on any atom is -0.454 e. The summed E-state index contributed by atoms with van der Waals surface area (Å²) in [6.45, 7) is 0.0667. The van der Waals surface area contributed by atoms with Gasteiger partial charge in [0.25, 0.3) is 5.69 Å². The number of fused-ring (bicyclic) bond motifs is 1. The van der Waals surface area contributed by atoms with Crippen molar-refractivity contribution in [3.05, 3.63) is 68.2 Å². The van der Waals surface area contributed by atoms with Crippen molar-refractivity contribution in [2.45, 2.75) is 0 Å². The van der Waals surface area contributed by atoms with Crippen molar-refractivity contribution in [3.63, 3.8) is 0 Å². The van der Waals surface area contributed by atoms with Crippen molar-refractivity contribution in [1.29, 1.82) is 5.26 Å². The van der Waals surface area contributed by atoms with E-state index in [4.69, 9.17) is 21.1 Å². The first-order chi connectivity index (χ1) is 12.0. The van der Waals surface area contributed by atoms with Crippen LogP contribution < -0.4 is 9.47 Å². The van der Waals surface area contributed by atoms with E-state index in [-0.39, 0.29) is 34.2 Å². The molecule has 0 radical (unpaired) electrons. The normalized spacial score (nSPS) is 12.6. The Labute approximate surface area is 146 Å². The highest BCUT2D eigenvalue weighted by atomic mass is 35.5. The summed E-state index contributed by atoms with van der Waals surface area (Å²) in [6.07, 6.45) is 1.22. The lowest BCUT2D eigenvalue weighted by atomic mass is 10.0. The fourth-order valence-electron chi connectivity index (χ4n) is 2.25. The lowest BCUT2D eigenvalue weighted by Crippen LogP contribution is -2.02. The molecule has 0 saturated carbocycles. The fourth-order valence-corrected chi connectivity index (χ4v) is 2.42. The van der Waals surface area contributed by atoms with Crippen LogP contribution in [0.1, 0.15) is 15.9 Å². The zero-order valence-electron chi connectivity index (χ0n) is 12.6. The second-order valence-corrected chi connectivity index (χ2v) is 5.44. The number of ketones is 1. The van der Waals surface area contributed by atoms with E-state index in [0.29, 0.717) is 11.5 Å². The van der Waals surface area contributed by atoms with Gasteiger partial charge in [0.1, 0.15) is 11.6 Å². The topological polar surface area (TPSA) is 102 Å². The molecule has 3 rings (SSSR count). The van der Waals surface area contributed by atoms with E-state index in [2.05, 4.69) is 0 Å². The van der Waals surface area contributed by atoms with Crippen LogP contribution in [0.25, 0.3) is 6.08 Å². The predicted molar refractivity (Wildman–Crippen MR) is 88.6 cm³/mol. The number of non-ortho nitro benzene ring substituents is 1. The number of nitrogens with zero attached hydrogens (tertiary/aromatic N) is 2. The summed E-state index contributed by atoms with van der Waals surface area (Å²) in [7, 11) is 0. The van der Waals surface area contributed by atoms with Crippen LogP contribution in [0.2, 0.25) is 5.02 Å². The van der Waals surface area contributed by atoms with E-state index in [9.17, 15) is 20.2 Å². The molecule has 0 N–H and O–H groups in total. The van der Waals surface area contributed by atoms with Gasteiger partial charge in [0, 0.05) is 28.3 Å². The molecule has 124 valence electrons. The van der Waals surface area contributed by atoms with E-state index in [1.165, 1.54) is 36.4 Å². The van der Waals surface area contributed by atoms with Gasteiger partial charge in [-0.25, -0.2) is 0 Å². The molecule has 1 aliphatic rings. The first-order valence-electron chi connectivity index (χ1n) is 6.99. The Morgan fingerprint density at radius 1 is 1.24 bits per heavy atom. The molecule has 2 aromatic carbocycles. The summed E-state index contributed by atoms with van der Waals surface area (Å²) in [5, 5.41) is 20.4. The van der Waals surface area contributed by atoms with Gasteiger partial charge in [-0.1, -0.05) is 11.6 Å². The average molecular weight is 357 g/mol. The van der Waals surface area contributed by atoms with Gasteiger partial charge in [0.05, 0.1) is 4.92 Å². The second-order valence-electron chi connectivity index (χ2n) is 5.03. The molecule has 0 spiro atoms. The largest absolute Gasteiger partial charge is 0.454 e. The standard InChI is InChI=1S/C17H9ClN2O5/c18-14-3-2-13(20(22)23)6-11(14)5-12(8-19)17(21)10-1-4-15-16(7-10)25-9-24-15/h1-7H,9H2/b12-5+. The van der Waals surface area contributed by atoms with Gasteiger partial charge in [-0.15, -0.1) is 0 Å². The Morgan fingerprint density at radius 2 is 2.00 bits per heavy atom. The van der Waals surface area contributed by atoms with Gasteiger partial charge in [-0.05, 0) is 30.3 Å². The molecule has 0 saturated heterocycles. The molecule has 0 fully saturated rings. The number of allylic oxidation sites excluding steroid dienone is 1. The zero-order chi connectivity index (χ0) is 18.0. The maximum atomic E-state index is 12.5. The van der Waals surface area contributed by atoms with Crippen LogP contribution in [-0.4, -0.2) is 17.5 Å². The van der Waals surface area contributed by atoms with Crippen LogP contribution in [0.4, 0.5) is 5.69 Å². The third-order valence-electron chi connectivity index (χ3n) is 3.49. The van der Waals surface area contributed by atoms with E-state index in [1.54, 1.807) is 12.1 Å². The van der Waals surface area contributed by atoms with Gasteiger partial charge in [0.15, 0.2) is 11.5 Å². The van der Waals surface area contributed by atoms with E-state index in [1.807, 2.05) is 0 Å². The Kier molecular flexibility index (Phi) is 4.37. The van der Waals surface area contributed by atoms with Crippen LogP contribution in [-0.2, 0) is 0 Å². The minimum atomic E-state index is -0.584. The Hall–Kier alpha value is -3.37. The van der Waals surface area contributed by atoms with Crippen LogP contribution in [0.3, 0.4) is 0 Å². The Bertz CT molecular complexity index is 962. The molecule has 0 amide bonds. The van der Waals surface area contributed by atoms with Crippen molar-refractivity contribution < 1.29 is 19.2 Å². The number of hydrogen-bond donors (Lipinski definition) is 0. The molecule has 7 nitrogen and oxygen atoms in total. The van der Waals surface area contributed by atoms with E-state index in [0.717, 1.165) is 0 Å². The molecule has 1 aliphatic heterocycles. The summed E-state index contributed by atoms with van der Waals surface area (Å²) in [4.78, 5) is 22.8. The second kappa shape index (κ2) is 6.63. The third-order valence-corrected chi connectivity index (χ3v) is 3.83. The quantitative estimate of drug-likeness (QED) is 0.271. The number of hydrogen-bond acceptors (Lipinski definition) is 6. The van der Waals surface area contributed by atoms with Crippen molar-refractivity contribution >= 4 is 29.1 Å². The molecule has 0 aromatic heterocycles. The first kappa shape index (κ1) is 16.5. The van der Waals surface area contributed by atoms with E-state index >= 15 is 0 Å². The van der Waals surface area contributed by atoms with Crippen molar-refractivity contribution in [2.75, 3.05) is 6.79 Å². The number of carbonyl (C=O) groups excluding carboxylic acids is 1. The molecule has 25 heavy (non-hydrogen) atoms. The van der Waals surface area contributed by atoms with Crippen molar-refractivity contribution in [2.24, 2.45) is 0 Å². The van der Waals surface area contributed by atoms with Crippen molar-refractivity contribution in [1.82, 2.24) is 0 Å². The summed E-state index contributed by atoms with van der Waals surface area (Å²) >= 11 is 6.00. The number of halogens is 1. The number of Topliss-reactive ketones (excluding diaryl/α,β-unsaturated/α-hetero) is 1. The van der Waals surface area contributed by atoms with Crippen LogP contribution >= 0.6 is 11.6 Å². The number of nitriles is 1. The number of rotatable bonds is 4. The highest BCUT2D eigenvalue weighted by Crippen LogP contribution is 2.33. The summed E-state index contributed by atoms with van der Waals surface area (Å²) in [5.74, 6) is 0.376.